The number of aryl methyl sites for hydroxylation is 2. The normalized spacial score (nSPS) is 12.4. The van der Waals surface area contributed by atoms with Crippen LogP contribution in [-0.2, 0) is 6.42 Å². The van der Waals surface area contributed by atoms with Crippen LogP contribution in [-0.4, -0.2) is 0 Å². The molecule has 0 aromatic heterocycles. The van der Waals surface area contributed by atoms with E-state index in [4.69, 9.17) is 5.73 Å². The largest absolute Gasteiger partial charge is 0.324 e. The molecule has 0 amide bonds. The van der Waals surface area contributed by atoms with Crippen LogP contribution in [0, 0.1) is 13.8 Å². The van der Waals surface area contributed by atoms with Crippen LogP contribution in [0.5, 0.6) is 0 Å². The molecule has 0 aliphatic carbocycles. The topological polar surface area (TPSA) is 26.0 Å². The van der Waals surface area contributed by atoms with E-state index in [0.29, 0.717) is 0 Å². The molecule has 18 heavy (non-hydrogen) atoms. The molecule has 0 spiro atoms. The highest BCUT2D eigenvalue weighted by Gasteiger charge is 2.08. The molecule has 0 aliphatic rings. The zero-order valence-corrected chi connectivity index (χ0v) is 12.4. The van der Waals surface area contributed by atoms with Crippen molar-refractivity contribution >= 4 is 15.9 Å². The molecule has 0 bridgehead atoms. The molecule has 2 aromatic carbocycles. The van der Waals surface area contributed by atoms with Crippen LogP contribution in [0.1, 0.15) is 28.3 Å². The van der Waals surface area contributed by atoms with Crippen molar-refractivity contribution in [3.8, 4) is 0 Å². The van der Waals surface area contributed by atoms with E-state index in [2.05, 4.69) is 72.2 Å². The molecule has 0 saturated carbocycles. The number of rotatable bonds is 3. The van der Waals surface area contributed by atoms with Crippen molar-refractivity contribution < 1.29 is 0 Å². The van der Waals surface area contributed by atoms with Crippen LogP contribution in [0.25, 0.3) is 0 Å². The Balaban J connectivity index is 2.16. The maximum atomic E-state index is 6.28. The lowest BCUT2D eigenvalue weighted by Crippen LogP contribution is -2.13. The predicted octanol–water partition coefficient (Wildman–Crippen LogP) is 4.31. The van der Waals surface area contributed by atoms with Crippen LogP contribution in [0.15, 0.2) is 46.9 Å². The maximum absolute atomic E-state index is 6.28. The monoisotopic (exact) mass is 303 g/mol. The van der Waals surface area contributed by atoms with Gasteiger partial charge in [0.25, 0.3) is 0 Å². The van der Waals surface area contributed by atoms with Crippen LogP contribution in [0.4, 0.5) is 0 Å². The van der Waals surface area contributed by atoms with Gasteiger partial charge in [-0.15, -0.1) is 0 Å². The summed E-state index contributed by atoms with van der Waals surface area (Å²) in [7, 11) is 0. The molecular weight excluding hydrogens is 286 g/mol. The zero-order chi connectivity index (χ0) is 13.1. The SMILES string of the molecule is Cc1ccc(CC(N)c2cc(C)cc(Br)c2)cc1. The van der Waals surface area contributed by atoms with Gasteiger partial charge in [0, 0.05) is 10.5 Å². The second-order valence-corrected chi connectivity index (χ2v) is 5.77. The van der Waals surface area contributed by atoms with Gasteiger partial charge in [-0.05, 0) is 49.1 Å². The maximum Gasteiger partial charge on any atom is 0.0336 e. The van der Waals surface area contributed by atoms with E-state index in [9.17, 15) is 0 Å². The molecule has 0 fully saturated rings. The summed E-state index contributed by atoms with van der Waals surface area (Å²) in [6.45, 7) is 4.19. The summed E-state index contributed by atoms with van der Waals surface area (Å²) < 4.78 is 1.09. The van der Waals surface area contributed by atoms with Crippen molar-refractivity contribution in [2.75, 3.05) is 0 Å². The van der Waals surface area contributed by atoms with Gasteiger partial charge in [0.1, 0.15) is 0 Å². The van der Waals surface area contributed by atoms with Gasteiger partial charge < -0.3 is 5.73 Å². The highest BCUT2D eigenvalue weighted by molar-refractivity contribution is 9.10. The Morgan fingerprint density at radius 3 is 2.28 bits per heavy atom. The second-order valence-electron chi connectivity index (χ2n) is 4.86. The number of hydrogen-bond donors (Lipinski definition) is 1. The fraction of sp³-hybridized carbons (Fsp3) is 0.250. The molecule has 2 aromatic rings. The Morgan fingerprint density at radius 2 is 1.67 bits per heavy atom. The summed E-state index contributed by atoms with van der Waals surface area (Å²) in [5, 5.41) is 0. The minimum absolute atomic E-state index is 0.0453. The first-order valence-corrected chi connectivity index (χ1v) is 6.92. The van der Waals surface area contributed by atoms with E-state index in [1.54, 1.807) is 0 Å². The van der Waals surface area contributed by atoms with Crippen molar-refractivity contribution in [3.05, 3.63) is 69.2 Å². The smallest absolute Gasteiger partial charge is 0.0336 e. The molecule has 0 saturated heterocycles. The summed E-state index contributed by atoms with van der Waals surface area (Å²) in [5.74, 6) is 0. The van der Waals surface area contributed by atoms with Gasteiger partial charge in [-0.25, -0.2) is 0 Å². The first kappa shape index (κ1) is 13.3. The average Bonchev–Trinajstić information content (AvgIpc) is 2.31. The highest BCUT2D eigenvalue weighted by atomic mass is 79.9. The lowest BCUT2D eigenvalue weighted by molar-refractivity contribution is 0.720. The zero-order valence-electron chi connectivity index (χ0n) is 10.8. The van der Waals surface area contributed by atoms with Gasteiger partial charge in [0.05, 0.1) is 0 Å². The highest BCUT2D eigenvalue weighted by Crippen LogP contribution is 2.22. The Kier molecular flexibility index (Phi) is 4.20. The van der Waals surface area contributed by atoms with E-state index < -0.39 is 0 Å². The Labute approximate surface area is 117 Å². The molecule has 1 nitrogen and oxygen atoms in total. The molecule has 0 radical (unpaired) electrons. The number of nitrogens with two attached hydrogens (primary N) is 1. The molecule has 0 aliphatic heterocycles. The number of benzene rings is 2. The summed E-state index contributed by atoms with van der Waals surface area (Å²) in [4.78, 5) is 0. The Morgan fingerprint density at radius 1 is 1.00 bits per heavy atom. The van der Waals surface area contributed by atoms with Gasteiger partial charge in [-0.3, -0.25) is 0 Å². The van der Waals surface area contributed by atoms with Crippen molar-refractivity contribution in [1.29, 1.82) is 0 Å². The fourth-order valence-electron chi connectivity index (χ4n) is 2.07. The summed E-state index contributed by atoms with van der Waals surface area (Å²) in [5.41, 5.74) is 11.3. The lowest BCUT2D eigenvalue weighted by atomic mass is 9.98. The molecule has 1 unspecified atom stereocenters. The molecule has 1 atom stereocenters. The second kappa shape index (κ2) is 5.68. The third-order valence-corrected chi connectivity index (χ3v) is 3.53. The first-order chi connectivity index (χ1) is 8.54. The van der Waals surface area contributed by atoms with Crippen molar-refractivity contribution in [3.63, 3.8) is 0 Å². The summed E-state index contributed by atoms with van der Waals surface area (Å²) >= 11 is 3.52. The molecule has 0 heterocycles. The van der Waals surface area contributed by atoms with Crippen LogP contribution in [0.2, 0.25) is 0 Å². The molecule has 2 rings (SSSR count). The van der Waals surface area contributed by atoms with Crippen molar-refractivity contribution in [2.45, 2.75) is 26.3 Å². The van der Waals surface area contributed by atoms with E-state index in [1.807, 2.05) is 0 Å². The van der Waals surface area contributed by atoms with Gasteiger partial charge in [-0.2, -0.15) is 0 Å². The minimum atomic E-state index is 0.0453. The van der Waals surface area contributed by atoms with Gasteiger partial charge in [0.2, 0.25) is 0 Å². The summed E-state index contributed by atoms with van der Waals surface area (Å²) in [6, 6.07) is 15.0. The van der Waals surface area contributed by atoms with Crippen LogP contribution >= 0.6 is 15.9 Å². The Hall–Kier alpha value is -1.12. The van der Waals surface area contributed by atoms with Crippen molar-refractivity contribution in [1.82, 2.24) is 0 Å². The third kappa shape index (κ3) is 3.44. The predicted molar refractivity (Wildman–Crippen MR) is 80.7 cm³/mol. The van der Waals surface area contributed by atoms with Gasteiger partial charge in [-0.1, -0.05) is 51.8 Å². The van der Waals surface area contributed by atoms with E-state index in [-0.39, 0.29) is 6.04 Å². The van der Waals surface area contributed by atoms with Gasteiger partial charge >= 0.3 is 0 Å². The first-order valence-electron chi connectivity index (χ1n) is 6.13. The molecule has 2 N–H and O–H groups in total. The quantitative estimate of drug-likeness (QED) is 0.898. The standard InChI is InChI=1S/C16H18BrN/c1-11-3-5-13(6-4-11)9-16(18)14-7-12(2)8-15(17)10-14/h3-8,10,16H,9,18H2,1-2H3. The molecular formula is C16H18BrN. The average molecular weight is 304 g/mol. The van der Waals surface area contributed by atoms with E-state index >= 15 is 0 Å². The van der Waals surface area contributed by atoms with Crippen molar-refractivity contribution in [2.24, 2.45) is 5.73 Å². The Bertz CT molecular complexity index is 511. The number of hydrogen-bond acceptors (Lipinski definition) is 1. The molecule has 94 valence electrons. The van der Waals surface area contributed by atoms with E-state index in [0.717, 1.165) is 10.9 Å². The fourth-order valence-corrected chi connectivity index (χ4v) is 2.70. The molecule has 2 heteroatoms. The van der Waals surface area contributed by atoms with E-state index in [1.165, 1.54) is 22.3 Å². The van der Waals surface area contributed by atoms with Crippen LogP contribution in [0.3, 0.4) is 0 Å². The summed E-state index contributed by atoms with van der Waals surface area (Å²) in [6.07, 6.45) is 0.871. The van der Waals surface area contributed by atoms with Gasteiger partial charge in [0.15, 0.2) is 0 Å². The minimum Gasteiger partial charge on any atom is -0.324 e. The number of halogens is 1. The third-order valence-electron chi connectivity index (χ3n) is 3.07. The lowest BCUT2D eigenvalue weighted by Gasteiger charge is -2.13. The van der Waals surface area contributed by atoms with Crippen LogP contribution < -0.4 is 5.73 Å².